The van der Waals surface area contributed by atoms with Crippen LogP contribution in [0.3, 0.4) is 0 Å². The number of halogens is 1. The van der Waals surface area contributed by atoms with Gasteiger partial charge in [0.1, 0.15) is 5.75 Å². The number of amides is 1. The molecule has 0 bridgehead atoms. The summed E-state index contributed by atoms with van der Waals surface area (Å²) >= 11 is 5.85. The molecule has 1 aliphatic rings. The van der Waals surface area contributed by atoms with Crippen molar-refractivity contribution in [1.29, 1.82) is 0 Å². The van der Waals surface area contributed by atoms with Gasteiger partial charge < -0.3 is 15.0 Å². The maximum atomic E-state index is 12.2. The van der Waals surface area contributed by atoms with Gasteiger partial charge in [-0.15, -0.1) is 0 Å². The number of carbonyl (C=O) groups excluding carboxylic acids is 1. The van der Waals surface area contributed by atoms with Crippen LogP contribution in [0.1, 0.15) is 31.7 Å². The first kappa shape index (κ1) is 18.6. The second kappa shape index (κ2) is 8.95. The lowest BCUT2D eigenvalue weighted by Crippen LogP contribution is -2.35. The van der Waals surface area contributed by atoms with Gasteiger partial charge >= 0.3 is 0 Å². The molecule has 138 valence electrons. The molecule has 0 aliphatic carbocycles. The zero-order valence-corrected chi connectivity index (χ0v) is 15.8. The number of hydrogen-bond donors (Lipinski definition) is 1. The van der Waals surface area contributed by atoms with Crippen LogP contribution in [0.25, 0.3) is 0 Å². The summed E-state index contributed by atoms with van der Waals surface area (Å²) in [6.45, 7) is 4.50. The molecule has 3 rings (SSSR count). The summed E-state index contributed by atoms with van der Waals surface area (Å²) in [7, 11) is 0. The lowest BCUT2D eigenvalue weighted by atomic mass is 10.1. The molecule has 2 aromatic carbocycles. The van der Waals surface area contributed by atoms with E-state index in [9.17, 15) is 4.79 Å². The fourth-order valence-corrected chi connectivity index (χ4v) is 3.21. The minimum Gasteiger partial charge on any atom is -0.481 e. The number of benzene rings is 2. The highest BCUT2D eigenvalue weighted by atomic mass is 35.5. The summed E-state index contributed by atoms with van der Waals surface area (Å²) in [4.78, 5) is 14.7. The van der Waals surface area contributed by atoms with Crippen LogP contribution in [0.5, 0.6) is 5.75 Å². The van der Waals surface area contributed by atoms with Crippen molar-refractivity contribution >= 4 is 23.2 Å². The summed E-state index contributed by atoms with van der Waals surface area (Å²) < 4.78 is 5.64. The molecule has 0 aromatic heterocycles. The lowest BCUT2D eigenvalue weighted by molar-refractivity contribution is -0.127. The highest BCUT2D eigenvalue weighted by molar-refractivity contribution is 6.30. The van der Waals surface area contributed by atoms with Crippen molar-refractivity contribution in [3.05, 3.63) is 59.1 Å². The normalized spacial score (nSPS) is 15.4. The minimum absolute atomic E-state index is 0.139. The van der Waals surface area contributed by atoms with E-state index in [2.05, 4.69) is 34.5 Å². The van der Waals surface area contributed by atoms with E-state index in [0.717, 1.165) is 18.7 Å². The standard InChI is InChI=1S/C21H25ClN2O2/c1-16(26-20-11-7-18(22)8-12-20)21(25)23-15-17-5-9-19(10-6-17)24-13-3-2-4-14-24/h5-12,16H,2-4,13-15H2,1H3,(H,23,25). The summed E-state index contributed by atoms with van der Waals surface area (Å²) in [6.07, 6.45) is 3.30. The molecule has 1 heterocycles. The smallest absolute Gasteiger partial charge is 0.261 e. The predicted octanol–water partition coefficient (Wildman–Crippen LogP) is 4.41. The van der Waals surface area contributed by atoms with Crippen molar-refractivity contribution < 1.29 is 9.53 Å². The van der Waals surface area contributed by atoms with Gasteiger partial charge in [0.2, 0.25) is 0 Å². The van der Waals surface area contributed by atoms with E-state index in [1.807, 2.05) is 0 Å². The molecule has 0 radical (unpaired) electrons. The Morgan fingerprint density at radius 2 is 1.73 bits per heavy atom. The first-order valence-electron chi connectivity index (χ1n) is 9.15. The van der Waals surface area contributed by atoms with E-state index >= 15 is 0 Å². The van der Waals surface area contributed by atoms with Crippen LogP contribution >= 0.6 is 11.6 Å². The van der Waals surface area contributed by atoms with Gasteiger partial charge in [0.05, 0.1) is 0 Å². The predicted molar refractivity (Wildman–Crippen MR) is 106 cm³/mol. The average molecular weight is 373 g/mol. The monoisotopic (exact) mass is 372 g/mol. The van der Waals surface area contributed by atoms with Crippen molar-refractivity contribution in [2.75, 3.05) is 18.0 Å². The van der Waals surface area contributed by atoms with Crippen LogP contribution in [0.15, 0.2) is 48.5 Å². The van der Waals surface area contributed by atoms with Gasteiger partial charge in [0, 0.05) is 30.3 Å². The molecule has 2 aromatic rings. The van der Waals surface area contributed by atoms with Crippen LogP contribution in [0.2, 0.25) is 5.02 Å². The van der Waals surface area contributed by atoms with Crippen molar-refractivity contribution in [3.8, 4) is 5.75 Å². The molecular weight excluding hydrogens is 348 g/mol. The highest BCUT2D eigenvalue weighted by Crippen LogP contribution is 2.20. The number of ether oxygens (including phenoxy) is 1. The van der Waals surface area contributed by atoms with Gasteiger partial charge in [-0.3, -0.25) is 4.79 Å². The van der Waals surface area contributed by atoms with E-state index < -0.39 is 6.10 Å². The molecule has 4 nitrogen and oxygen atoms in total. The summed E-state index contributed by atoms with van der Waals surface area (Å²) in [5.41, 5.74) is 2.34. The summed E-state index contributed by atoms with van der Waals surface area (Å²) in [6, 6.07) is 15.4. The molecule has 1 fully saturated rings. The van der Waals surface area contributed by atoms with Crippen LogP contribution in [-0.2, 0) is 11.3 Å². The minimum atomic E-state index is -0.566. The van der Waals surface area contributed by atoms with Gasteiger partial charge in [-0.1, -0.05) is 23.7 Å². The fraction of sp³-hybridized carbons (Fsp3) is 0.381. The maximum absolute atomic E-state index is 12.2. The second-order valence-electron chi connectivity index (χ2n) is 6.65. The zero-order chi connectivity index (χ0) is 18.4. The molecule has 1 atom stereocenters. The zero-order valence-electron chi connectivity index (χ0n) is 15.1. The largest absolute Gasteiger partial charge is 0.481 e. The van der Waals surface area contributed by atoms with E-state index in [4.69, 9.17) is 16.3 Å². The third kappa shape index (κ3) is 5.15. The van der Waals surface area contributed by atoms with Gasteiger partial charge in [-0.2, -0.15) is 0 Å². The number of nitrogens with zero attached hydrogens (tertiary/aromatic N) is 1. The molecule has 5 heteroatoms. The third-order valence-corrected chi connectivity index (χ3v) is 4.87. The van der Waals surface area contributed by atoms with Gasteiger partial charge in [0.15, 0.2) is 6.10 Å². The Labute approximate surface area is 160 Å². The van der Waals surface area contributed by atoms with Gasteiger partial charge in [-0.05, 0) is 68.1 Å². The van der Waals surface area contributed by atoms with E-state index in [1.165, 1.54) is 24.9 Å². The molecule has 1 N–H and O–H groups in total. The fourth-order valence-electron chi connectivity index (χ4n) is 3.08. The van der Waals surface area contributed by atoms with E-state index in [1.54, 1.807) is 31.2 Å². The highest BCUT2D eigenvalue weighted by Gasteiger charge is 2.15. The molecule has 1 saturated heterocycles. The van der Waals surface area contributed by atoms with Crippen molar-refractivity contribution in [1.82, 2.24) is 5.32 Å². The topological polar surface area (TPSA) is 41.6 Å². The maximum Gasteiger partial charge on any atom is 0.261 e. The molecule has 1 amide bonds. The Bertz CT molecular complexity index is 710. The Morgan fingerprint density at radius 1 is 1.08 bits per heavy atom. The van der Waals surface area contributed by atoms with E-state index in [-0.39, 0.29) is 5.91 Å². The van der Waals surface area contributed by atoms with Crippen LogP contribution in [0, 0.1) is 0 Å². The van der Waals surface area contributed by atoms with Gasteiger partial charge in [-0.25, -0.2) is 0 Å². The molecule has 0 spiro atoms. The molecular formula is C21H25ClN2O2. The van der Waals surface area contributed by atoms with Crippen LogP contribution in [-0.4, -0.2) is 25.1 Å². The van der Waals surface area contributed by atoms with E-state index in [0.29, 0.717) is 17.3 Å². The number of rotatable bonds is 6. The Morgan fingerprint density at radius 3 is 2.38 bits per heavy atom. The first-order valence-corrected chi connectivity index (χ1v) is 9.53. The van der Waals surface area contributed by atoms with Crippen molar-refractivity contribution in [2.45, 2.75) is 38.8 Å². The van der Waals surface area contributed by atoms with Crippen LogP contribution in [0.4, 0.5) is 5.69 Å². The number of hydrogen-bond acceptors (Lipinski definition) is 3. The molecule has 1 aliphatic heterocycles. The third-order valence-electron chi connectivity index (χ3n) is 4.62. The SMILES string of the molecule is CC(Oc1ccc(Cl)cc1)C(=O)NCc1ccc(N2CCCCC2)cc1. The summed E-state index contributed by atoms with van der Waals surface area (Å²) in [5, 5.41) is 3.57. The summed E-state index contributed by atoms with van der Waals surface area (Å²) in [5.74, 6) is 0.489. The quantitative estimate of drug-likeness (QED) is 0.816. The molecule has 26 heavy (non-hydrogen) atoms. The molecule has 1 unspecified atom stereocenters. The first-order chi connectivity index (χ1) is 12.6. The Hall–Kier alpha value is -2.20. The lowest BCUT2D eigenvalue weighted by Gasteiger charge is -2.28. The molecule has 0 saturated carbocycles. The second-order valence-corrected chi connectivity index (χ2v) is 7.08. The Balaban J connectivity index is 1.48. The van der Waals surface area contributed by atoms with Crippen molar-refractivity contribution in [3.63, 3.8) is 0 Å². The number of carbonyl (C=O) groups is 1. The van der Waals surface area contributed by atoms with Gasteiger partial charge in [0.25, 0.3) is 5.91 Å². The Kier molecular flexibility index (Phi) is 6.40. The van der Waals surface area contributed by atoms with Crippen molar-refractivity contribution in [2.24, 2.45) is 0 Å². The number of anilines is 1. The number of piperidine rings is 1. The van der Waals surface area contributed by atoms with Crippen LogP contribution < -0.4 is 15.0 Å². The number of nitrogens with one attached hydrogen (secondary N) is 1. The average Bonchev–Trinajstić information content (AvgIpc) is 2.69.